The lowest BCUT2D eigenvalue weighted by atomic mass is 9.84. The van der Waals surface area contributed by atoms with Crippen LogP contribution in [0.25, 0.3) is 0 Å². The van der Waals surface area contributed by atoms with Crippen molar-refractivity contribution >= 4 is 28.9 Å². The molecule has 0 amide bonds. The van der Waals surface area contributed by atoms with E-state index in [1.165, 1.54) is 38.6 Å². The zero-order valence-electron chi connectivity index (χ0n) is 14.4. The molecule has 1 unspecified atom stereocenters. The maximum absolute atomic E-state index is 6.34. The largest absolute Gasteiger partial charge is 0.365 e. The number of halogens is 2. The molecule has 2 fully saturated rings. The van der Waals surface area contributed by atoms with Crippen molar-refractivity contribution in [2.24, 2.45) is 11.7 Å². The average Bonchev–Trinajstić information content (AvgIpc) is 2.57. The smallest absolute Gasteiger partial charge is 0.149 e. The number of rotatable bonds is 4. The van der Waals surface area contributed by atoms with Gasteiger partial charge in [-0.2, -0.15) is 0 Å². The minimum atomic E-state index is 0.388. The van der Waals surface area contributed by atoms with Gasteiger partial charge in [0.25, 0.3) is 0 Å². The summed E-state index contributed by atoms with van der Waals surface area (Å²) in [5.41, 5.74) is 7.01. The predicted octanol–water partition coefficient (Wildman–Crippen LogP) is 3.81. The second kappa shape index (κ2) is 8.22. The van der Waals surface area contributed by atoms with Crippen LogP contribution >= 0.6 is 23.2 Å². The van der Waals surface area contributed by atoms with Gasteiger partial charge >= 0.3 is 0 Å². The highest BCUT2D eigenvalue weighted by atomic mass is 35.5. The molecule has 1 saturated carbocycles. The Morgan fingerprint density at radius 1 is 1.21 bits per heavy atom. The first-order valence-electron chi connectivity index (χ1n) is 9.09. The molecule has 3 rings (SSSR count). The van der Waals surface area contributed by atoms with Crippen LogP contribution in [0.3, 0.4) is 0 Å². The van der Waals surface area contributed by atoms with E-state index >= 15 is 0 Å². The third kappa shape index (κ3) is 4.34. The summed E-state index contributed by atoms with van der Waals surface area (Å²) in [7, 11) is 0. The molecule has 0 spiro atoms. The van der Waals surface area contributed by atoms with Gasteiger partial charge in [0.05, 0.1) is 5.69 Å². The first-order valence-corrected chi connectivity index (χ1v) is 9.84. The van der Waals surface area contributed by atoms with E-state index in [1.54, 1.807) is 6.20 Å². The zero-order chi connectivity index (χ0) is 17.1. The summed E-state index contributed by atoms with van der Waals surface area (Å²) in [4.78, 5) is 8.99. The van der Waals surface area contributed by atoms with Crippen molar-refractivity contribution < 1.29 is 0 Å². The van der Waals surface area contributed by atoms with Crippen LogP contribution in [-0.2, 0) is 0 Å². The highest BCUT2D eigenvalue weighted by molar-refractivity contribution is 6.42. The Morgan fingerprint density at radius 2 is 1.96 bits per heavy atom. The number of nitrogens with two attached hydrogens (primary N) is 1. The molecule has 2 aliphatic rings. The van der Waals surface area contributed by atoms with Gasteiger partial charge in [0, 0.05) is 37.9 Å². The fourth-order valence-electron chi connectivity index (χ4n) is 4.07. The molecule has 6 heteroatoms. The Bertz CT molecular complexity index is 546. The fraction of sp³-hybridized carbons (Fsp3) is 0.722. The summed E-state index contributed by atoms with van der Waals surface area (Å²) < 4.78 is 0. The summed E-state index contributed by atoms with van der Waals surface area (Å²) in [5, 5.41) is 0.956. The van der Waals surface area contributed by atoms with Gasteiger partial charge in [-0.25, -0.2) is 4.98 Å². The molecule has 1 aliphatic carbocycles. The Kier molecular flexibility index (Phi) is 6.25. The molecule has 1 aliphatic heterocycles. The van der Waals surface area contributed by atoms with Gasteiger partial charge in [-0.1, -0.05) is 23.2 Å². The lowest BCUT2D eigenvalue weighted by Gasteiger charge is -2.42. The molecule has 0 aromatic carbocycles. The van der Waals surface area contributed by atoms with Crippen LogP contribution in [0.1, 0.15) is 39.0 Å². The lowest BCUT2D eigenvalue weighted by molar-refractivity contribution is 0.198. The van der Waals surface area contributed by atoms with Crippen LogP contribution < -0.4 is 10.6 Å². The molecular formula is C18H28Cl2N4. The first-order chi connectivity index (χ1) is 11.5. The van der Waals surface area contributed by atoms with E-state index in [0.717, 1.165) is 31.2 Å². The highest BCUT2D eigenvalue weighted by Gasteiger charge is 2.27. The predicted molar refractivity (Wildman–Crippen MR) is 102 cm³/mol. The summed E-state index contributed by atoms with van der Waals surface area (Å²) in [6.45, 7) is 6.59. The molecule has 134 valence electrons. The van der Waals surface area contributed by atoms with E-state index in [9.17, 15) is 0 Å². The number of hydrogen-bond acceptors (Lipinski definition) is 4. The van der Waals surface area contributed by atoms with Crippen LogP contribution in [0.4, 0.5) is 5.69 Å². The van der Waals surface area contributed by atoms with Gasteiger partial charge in [0.2, 0.25) is 0 Å². The Hall–Kier alpha value is -0.550. The van der Waals surface area contributed by atoms with E-state index in [2.05, 4.69) is 21.7 Å². The molecule has 1 saturated heterocycles. The van der Waals surface area contributed by atoms with Crippen LogP contribution in [0.15, 0.2) is 12.3 Å². The summed E-state index contributed by atoms with van der Waals surface area (Å²) in [6.07, 6.45) is 8.06. The third-order valence-corrected chi connectivity index (χ3v) is 6.35. The topological polar surface area (TPSA) is 45.4 Å². The quantitative estimate of drug-likeness (QED) is 0.818. The van der Waals surface area contributed by atoms with Crippen molar-refractivity contribution in [2.75, 3.05) is 31.1 Å². The van der Waals surface area contributed by atoms with Gasteiger partial charge < -0.3 is 10.6 Å². The number of anilines is 1. The van der Waals surface area contributed by atoms with Gasteiger partial charge in [-0.15, -0.1) is 0 Å². The van der Waals surface area contributed by atoms with E-state index in [0.29, 0.717) is 22.3 Å². The molecule has 0 bridgehead atoms. The van der Waals surface area contributed by atoms with Gasteiger partial charge in [0.15, 0.2) is 0 Å². The second-order valence-corrected chi connectivity index (χ2v) is 8.08. The normalized spacial score (nSPS) is 29.0. The van der Waals surface area contributed by atoms with Crippen molar-refractivity contribution in [3.63, 3.8) is 0 Å². The Morgan fingerprint density at radius 3 is 2.67 bits per heavy atom. The molecule has 2 heterocycles. The summed E-state index contributed by atoms with van der Waals surface area (Å²) in [5.74, 6) is 0.867. The van der Waals surface area contributed by atoms with E-state index in [-0.39, 0.29) is 0 Å². The monoisotopic (exact) mass is 370 g/mol. The number of nitrogens with zero attached hydrogens (tertiary/aromatic N) is 3. The van der Waals surface area contributed by atoms with E-state index in [1.807, 2.05) is 6.07 Å². The molecule has 1 aromatic rings. The minimum absolute atomic E-state index is 0.388. The first kappa shape index (κ1) is 18.2. The summed E-state index contributed by atoms with van der Waals surface area (Å²) in [6, 6.07) is 2.84. The maximum Gasteiger partial charge on any atom is 0.149 e. The maximum atomic E-state index is 6.34. The molecule has 0 radical (unpaired) electrons. The number of aromatic nitrogens is 1. The Balaban J connectivity index is 1.51. The molecule has 1 atom stereocenters. The zero-order valence-corrected chi connectivity index (χ0v) is 15.9. The van der Waals surface area contributed by atoms with Gasteiger partial charge in [-0.3, -0.25) is 4.90 Å². The molecule has 2 N–H and O–H groups in total. The molecule has 24 heavy (non-hydrogen) atoms. The number of hydrogen-bond donors (Lipinski definition) is 1. The average molecular weight is 371 g/mol. The molecule has 4 nitrogen and oxygen atoms in total. The SMILES string of the molecule is CC1CN(CCC2CCC(N)CC2)CCN1c1ccnc(Cl)c1Cl. The van der Waals surface area contributed by atoms with Crippen molar-refractivity contribution in [3.05, 3.63) is 22.4 Å². The van der Waals surface area contributed by atoms with Crippen molar-refractivity contribution in [3.8, 4) is 0 Å². The summed E-state index contributed by atoms with van der Waals surface area (Å²) >= 11 is 12.4. The van der Waals surface area contributed by atoms with Crippen LogP contribution in [0, 0.1) is 5.92 Å². The second-order valence-electron chi connectivity index (χ2n) is 7.35. The van der Waals surface area contributed by atoms with Crippen LogP contribution in [0.5, 0.6) is 0 Å². The third-order valence-electron chi connectivity index (χ3n) is 5.59. The van der Waals surface area contributed by atoms with Crippen molar-refractivity contribution in [1.29, 1.82) is 0 Å². The van der Waals surface area contributed by atoms with E-state index in [4.69, 9.17) is 28.9 Å². The standard InChI is InChI=1S/C18H28Cl2N4/c1-13-12-23(9-7-14-2-4-15(21)5-3-14)10-11-24(13)16-6-8-22-18(20)17(16)19/h6,8,13-15H,2-5,7,9-12,21H2,1H3. The fourth-order valence-corrected chi connectivity index (χ4v) is 4.44. The molecule has 1 aromatic heterocycles. The van der Waals surface area contributed by atoms with Gasteiger partial charge in [-0.05, 0) is 57.6 Å². The highest BCUT2D eigenvalue weighted by Crippen LogP contribution is 2.33. The van der Waals surface area contributed by atoms with Crippen LogP contribution in [0.2, 0.25) is 10.2 Å². The minimum Gasteiger partial charge on any atom is -0.365 e. The van der Waals surface area contributed by atoms with Crippen molar-refractivity contribution in [2.45, 2.75) is 51.1 Å². The lowest BCUT2D eigenvalue weighted by Crippen LogP contribution is -2.52. The molecular weight excluding hydrogens is 343 g/mol. The number of piperazine rings is 1. The van der Waals surface area contributed by atoms with Crippen molar-refractivity contribution in [1.82, 2.24) is 9.88 Å². The number of pyridine rings is 1. The Labute approximate surface area is 155 Å². The van der Waals surface area contributed by atoms with Crippen LogP contribution in [-0.4, -0.2) is 48.1 Å². The van der Waals surface area contributed by atoms with Gasteiger partial charge in [0.1, 0.15) is 10.2 Å². The van der Waals surface area contributed by atoms with E-state index < -0.39 is 0 Å².